The Balaban J connectivity index is 2.26. The minimum atomic E-state index is -0.435. The molecule has 1 aromatic carbocycles. The van der Waals surface area contributed by atoms with E-state index in [9.17, 15) is 14.0 Å². The van der Waals surface area contributed by atoms with Gasteiger partial charge < -0.3 is 9.47 Å². The largest absolute Gasteiger partial charge is 0.463 e. The molecule has 0 amide bonds. The lowest BCUT2D eigenvalue weighted by Crippen LogP contribution is -2.12. The molecule has 0 saturated heterocycles. The monoisotopic (exact) mass is 268 g/mol. The quantitative estimate of drug-likeness (QED) is 0.412. The second-order valence-electron chi connectivity index (χ2n) is 3.85. The van der Waals surface area contributed by atoms with Crippen LogP contribution in [0.1, 0.15) is 30.1 Å². The zero-order valence-corrected chi connectivity index (χ0v) is 10.9. The van der Waals surface area contributed by atoms with Crippen LogP contribution in [0.3, 0.4) is 0 Å². The van der Waals surface area contributed by atoms with Crippen molar-refractivity contribution in [3.8, 4) is 0 Å². The molecular weight excluding hydrogens is 251 g/mol. The maximum atomic E-state index is 12.7. The van der Waals surface area contributed by atoms with Gasteiger partial charge in [-0.3, -0.25) is 9.59 Å². The molecule has 0 fully saturated rings. The summed E-state index contributed by atoms with van der Waals surface area (Å²) in [5.74, 6) is -1.04. The van der Waals surface area contributed by atoms with Gasteiger partial charge in [0.25, 0.3) is 0 Å². The van der Waals surface area contributed by atoms with E-state index in [1.807, 2.05) is 6.92 Å². The number of ketones is 1. The summed E-state index contributed by atoms with van der Waals surface area (Å²) in [5.41, 5.74) is 0.392. The van der Waals surface area contributed by atoms with Crippen molar-refractivity contribution in [1.82, 2.24) is 0 Å². The average Bonchev–Trinajstić information content (AvgIpc) is 2.42. The number of carbonyl (C=O) groups excluding carboxylic acids is 2. The van der Waals surface area contributed by atoms with Crippen LogP contribution in [0, 0.1) is 5.82 Å². The van der Waals surface area contributed by atoms with Crippen LogP contribution >= 0.6 is 0 Å². The Morgan fingerprint density at radius 3 is 2.42 bits per heavy atom. The summed E-state index contributed by atoms with van der Waals surface area (Å²) in [5, 5.41) is 0. The smallest absolute Gasteiger partial charge is 0.306 e. The van der Waals surface area contributed by atoms with Crippen molar-refractivity contribution >= 4 is 11.8 Å². The molecule has 0 atom stereocenters. The van der Waals surface area contributed by atoms with E-state index in [0.717, 1.165) is 0 Å². The molecule has 1 rings (SSSR count). The first-order valence-electron chi connectivity index (χ1n) is 6.15. The Morgan fingerprint density at radius 2 is 1.79 bits per heavy atom. The standard InChI is InChI=1S/C14H17FO4/c1-2-18-9-10-19-14(17)8-7-13(16)11-3-5-12(15)6-4-11/h3-6H,2,7-10H2,1H3. The van der Waals surface area contributed by atoms with Gasteiger partial charge in [-0.2, -0.15) is 0 Å². The topological polar surface area (TPSA) is 52.6 Å². The molecule has 0 radical (unpaired) electrons. The molecule has 0 N–H and O–H groups in total. The fraction of sp³-hybridized carbons (Fsp3) is 0.429. The molecule has 0 aromatic heterocycles. The van der Waals surface area contributed by atoms with Crippen molar-refractivity contribution in [2.24, 2.45) is 0 Å². The number of benzene rings is 1. The Bertz CT molecular complexity index is 414. The van der Waals surface area contributed by atoms with Gasteiger partial charge in [-0.1, -0.05) is 0 Å². The maximum Gasteiger partial charge on any atom is 0.306 e. The van der Waals surface area contributed by atoms with E-state index in [4.69, 9.17) is 9.47 Å². The van der Waals surface area contributed by atoms with E-state index < -0.39 is 11.8 Å². The SMILES string of the molecule is CCOCCOC(=O)CCC(=O)c1ccc(F)cc1. The second kappa shape index (κ2) is 8.37. The van der Waals surface area contributed by atoms with Crippen molar-refractivity contribution in [3.05, 3.63) is 35.6 Å². The molecule has 0 unspecified atom stereocenters. The van der Waals surface area contributed by atoms with Gasteiger partial charge in [0.05, 0.1) is 13.0 Å². The normalized spacial score (nSPS) is 10.2. The van der Waals surface area contributed by atoms with E-state index in [1.165, 1.54) is 24.3 Å². The molecule has 0 aliphatic rings. The Morgan fingerprint density at radius 1 is 1.11 bits per heavy atom. The Labute approximate surface area is 111 Å². The number of Topliss-reactive ketones (excluding diaryl/α,β-unsaturated/α-hetero) is 1. The van der Waals surface area contributed by atoms with Crippen LogP contribution in [-0.2, 0) is 14.3 Å². The molecule has 104 valence electrons. The van der Waals surface area contributed by atoms with Gasteiger partial charge in [0.1, 0.15) is 12.4 Å². The van der Waals surface area contributed by atoms with Crippen LogP contribution in [0.4, 0.5) is 4.39 Å². The van der Waals surface area contributed by atoms with Gasteiger partial charge in [0.2, 0.25) is 0 Å². The first-order valence-corrected chi connectivity index (χ1v) is 6.15. The minimum absolute atomic E-state index is 0.0162. The summed E-state index contributed by atoms with van der Waals surface area (Å²) >= 11 is 0. The van der Waals surface area contributed by atoms with Gasteiger partial charge in [-0.15, -0.1) is 0 Å². The minimum Gasteiger partial charge on any atom is -0.463 e. The lowest BCUT2D eigenvalue weighted by molar-refractivity contribution is -0.145. The third-order valence-corrected chi connectivity index (χ3v) is 2.42. The van der Waals surface area contributed by atoms with Crippen molar-refractivity contribution < 1.29 is 23.5 Å². The fourth-order valence-electron chi connectivity index (χ4n) is 1.43. The molecule has 0 aliphatic heterocycles. The van der Waals surface area contributed by atoms with Gasteiger partial charge in [-0.25, -0.2) is 4.39 Å². The molecule has 0 spiro atoms. The molecule has 0 heterocycles. The lowest BCUT2D eigenvalue weighted by atomic mass is 10.1. The lowest BCUT2D eigenvalue weighted by Gasteiger charge is -2.04. The van der Waals surface area contributed by atoms with Gasteiger partial charge in [0, 0.05) is 18.6 Å². The molecule has 1 aromatic rings. The molecule has 19 heavy (non-hydrogen) atoms. The second-order valence-corrected chi connectivity index (χ2v) is 3.85. The first kappa shape index (κ1) is 15.3. The van der Waals surface area contributed by atoms with Gasteiger partial charge >= 0.3 is 5.97 Å². The highest BCUT2D eigenvalue weighted by atomic mass is 19.1. The predicted molar refractivity (Wildman–Crippen MR) is 67.4 cm³/mol. The van der Waals surface area contributed by atoms with Crippen molar-refractivity contribution in [3.63, 3.8) is 0 Å². The van der Waals surface area contributed by atoms with Crippen molar-refractivity contribution in [2.75, 3.05) is 19.8 Å². The van der Waals surface area contributed by atoms with E-state index >= 15 is 0 Å². The van der Waals surface area contributed by atoms with Crippen LogP contribution in [0.2, 0.25) is 0 Å². The van der Waals surface area contributed by atoms with Crippen LogP contribution in [-0.4, -0.2) is 31.6 Å². The summed E-state index contributed by atoms with van der Waals surface area (Å²) in [4.78, 5) is 23.0. The molecule has 0 aliphatic carbocycles. The zero-order chi connectivity index (χ0) is 14.1. The number of ether oxygens (including phenoxy) is 2. The Hall–Kier alpha value is -1.75. The number of esters is 1. The Kier molecular flexibility index (Phi) is 6.74. The third-order valence-electron chi connectivity index (χ3n) is 2.42. The number of hydrogen-bond acceptors (Lipinski definition) is 4. The highest BCUT2D eigenvalue weighted by Gasteiger charge is 2.10. The fourth-order valence-corrected chi connectivity index (χ4v) is 1.43. The summed E-state index contributed by atoms with van der Waals surface area (Å²) in [6, 6.07) is 5.23. The van der Waals surface area contributed by atoms with E-state index in [0.29, 0.717) is 18.8 Å². The summed E-state index contributed by atoms with van der Waals surface area (Å²) < 4.78 is 22.6. The molecular formula is C14H17FO4. The van der Waals surface area contributed by atoms with Crippen LogP contribution in [0.25, 0.3) is 0 Å². The van der Waals surface area contributed by atoms with Crippen LogP contribution in [0.5, 0.6) is 0 Å². The highest BCUT2D eigenvalue weighted by molar-refractivity contribution is 5.97. The molecule has 0 saturated carbocycles. The number of halogens is 1. The summed E-state index contributed by atoms with van der Waals surface area (Å²) in [7, 11) is 0. The van der Waals surface area contributed by atoms with E-state index in [-0.39, 0.29) is 25.2 Å². The number of hydrogen-bond donors (Lipinski definition) is 0. The van der Waals surface area contributed by atoms with Crippen molar-refractivity contribution in [2.45, 2.75) is 19.8 Å². The number of carbonyl (C=O) groups is 2. The first-order chi connectivity index (χ1) is 9.13. The van der Waals surface area contributed by atoms with Gasteiger partial charge in [-0.05, 0) is 31.2 Å². The van der Waals surface area contributed by atoms with Crippen LogP contribution in [0.15, 0.2) is 24.3 Å². The van der Waals surface area contributed by atoms with Crippen LogP contribution < -0.4 is 0 Å². The number of rotatable bonds is 8. The molecule has 4 nitrogen and oxygen atoms in total. The third kappa shape index (κ3) is 6.10. The van der Waals surface area contributed by atoms with E-state index in [2.05, 4.69) is 0 Å². The van der Waals surface area contributed by atoms with E-state index in [1.54, 1.807) is 0 Å². The zero-order valence-electron chi connectivity index (χ0n) is 10.9. The summed E-state index contributed by atoms with van der Waals surface area (Å²) in [6.45, 7) is 2.97. The van der Waals surface area contributed by atoms with Crippen molar-refractivity contribution in [1.29, 1.82) is 0 Å². The molecule has 5 heteroatoms. The van der Waals surface area contributed by atoms with Gasteiger partial charge in [0.15, 0.2) is 5.78 Å². The highest BCUT2D eigenvalue weighted by Crippen LogP contribution is 2.07. The summed E-state index contributed by atoms with van der Waals surface area (Å²) in [6.07, 6.45) is 0.0709. The predicted octanol–water partition coefficient (Wildman–Crippen LogP) is 2.37. The molecule has 0 bridgehead atoms. The maximum absolute atomic E-state index is 12.7. The average molecular weight is 268 g/mol.